The lowest BCUT2D eigenvalue weighted by molar-refractivity contribution is 0.0786. The van der Waals surface area contributed by atoms with Gasteiger partial charge in [-0.2, -0.15) is 0 Å². The van der Waals surface area contributed by atoms with Crippen LogP contribution in [0, 0.1) is 0 Å². The van der Waals surface area contributed by atoms with E-state index in [-0.39, 0.29) is 12.0 Å². The summed E-state index contributed by atoms with van der Waals surface area (Å²) in [6.07, 6.45) is 1.42. The minimum atomic E-state index is -0.261. The Labute approximate surface area is 107 Å². The first-order valence-electron chi connectivity index (χ1n) is 6.20. The van der Waals surface area contributed by atoms with Gasteiger partial charge in [-0.05, 0) is 24.5 Å². The van der Waals surface area contributed by atoms with Gasteiger partial charge in [-0.1, -0.05) is 18.2 Å². The number of nitrogens with zero attached hydrogens (tertiary/aromatic N) is 1. The molecule has 0 radical (unpaired) electrons. The van der Waals surface area contributed by atoms with Gasteiger partial charge in [0.2, 0.25) is 0 Å². The molecular weight excluding hydrogens is 230 g/mol. The zero-order chi connectivity index (χ0) is 13.0. The van der Waals surface area contributed by atoms with E-state index in [2.05, 4.69) is 10.3 Å². The van der Waals surface area contributed by atoms with Crippen LogP contribution in [0.1, 0.15) is 28.8 Å². The number of hydrogen-bond acceptors (Lipinski definition) is 4. The summed E-state index contributed by atoms with van der Waals surface area (Å²) in [6, 6.07) is 7.46. The van der Waals surface area contributed by atoms with Crippen LogP contribution in [-0.2, 0) is 6.54 Å². The molecule has 5 nitrogen and oxygen atoms in total. The van der Waals surface area contributed by atoms with Crippen molar-refractivity contribution >= 4 is 5.91 Å². The molecule has 0 saturated carbocycles. The SMILES string of the molecule is NNC(=O)c1ccccc1CN1CCC(O)CC1. The van der Waals surface area contributed by atoms with E-state index in [0.29, 0.717) is 5.56 Å². The Balaban J connectivity index is 2.07. The predicted molar refractivity (Wildman–Crippen MR) is 68.6 cm³/mol. The van der Waals surface area contributed by atoms with Crippen molar-refractivity contribution in [3.63, 3.8) is 0 Å². The van der Waals surface area contributed by atoms with E-state index < -0.39 is 0 Å². The van der Waals surface area contributed by atoms with Crippen molar-refractivity contribution in [3.8, 4) is 0 Å². The highest BCUT2D eigenvalue weighted by Gasteiger charge is 2.18. The summed E-state index contributed by atoms with van der Waals surface area (Å²) in [6.45, 7) is 2.44. The first kappa shape index (κ1) is 13.0. The van der Waals surface area contributed by atoms with Crippen molar-refractivity contribution in [2.75, 3.05) is 13.1 Å². The van der Waals surface area contributed by atoms with Crippen LogP contribution in [-0.4, -0.2) is 35.1 Å². The number of aliphatic hydroxyl groups is 1. The number of nitrogen functional groups attached to an aromatic ring is 1. The third-order valence-electron chi connectivity index (χ3n) is 3.34. The molecule has 0 bridgehead atoms. The van der Waals surface area contributed by atoms with Gasteiger partial charge in [-0.15, -0.1) is 0 Å². The number of piperidine rings is 1. The van der Waals surface area contributed by atoms with Crippen LogP contribution in [0.4, 0.5) is 0 Å². The Kier molecular flexibility index (Phi) is 4.30. The van der Waals surface area contributed by atoms with Crippen LogP contribution in [0.15, 0.2) is 24.3 Å². The Morgan fingerprint density at radius 3 is 2.72 bits per heavy atom. The summed E-state index contributed by atoms with van der Waals surface area (Å²) in [7, 11) is 0. The number of rotatable bonds is 3. The third-order valence-corrected chi connectivity index (χ3v) is 3.34. The van der Waals surface area contributed by atoms with E-state index in [0.717, 1.165) is 38.0 Å². The van der Waals surface area contributed by atoms with Crippen LogP contribution < -0.4 is 11.3 Å². The van der Waals surface area contributed by atoms with Gasteiger partial charge in [0.1, 0.15) is 0 Å². The summed E-state index contributed by atoms with van der Waals surface area (Å²) in [5.41, 5.74) is 3.75. The fourth-order valence-electron chi connectivity index (χ4n) is 2.28. The third kappa shape index (κ3) is 3.07. The van der Waals surface area contributed by atoms with Crippen LogP contribution in [0.25, 0.3) is 0 Å². The number of carbonyl (C=O) groups excluding carboxylic acids is 1. The molecule has 1 amide bonds. The molecule has 0 unspecified atom stereocenters. The summed E-state index contributed by atoms with van der Waals surface area (Å²) < 4.78 is 0. The summed E-state index contributed by atoms with van der Waals surface area (Å²) >= 11 is 0. The molecule has 0 atom stereocenters. The molecule has 2 rings (SSSR count). The molecule has 4 N–H and O–H groups in total. The lowest BCUT2D eigenvalue weighted by Crippen LogP contribution is -2.36. The highest BCUT2D eigenvalue weighted by atomic mass is 16.3. The van der Waals surface area contributed by atoms with Gasteiger partial charge in [0.15, 0.2) is 0 Å². The van der Waals surface area contributed by atoms with E-state index in [1.165, 1.54) is 0 Å². The molecule has 0 aliphatic carbocycles. The molecule has 0 aromatic heterocycles. The molecule has 1 aliphatic heterocycles. The van der Waals surface area contributed by atoms with Gasteiger partial charge in [-0.3, -0.25) is 15.1 Å². The lowest BCUT2D eigenvalue weighted by atomic mass is 10.0. The zero-order valence-corrected chi connectivity index (χ0v) is 10.3. The number of nitrogens with one attached hydrogen (secondary N) is 1. The van der Waals surface area contributed by atoms with Crippen LogP contribution in [0.3, 0.4) is 0 Å². The van der Waals surface area contributed by atoms with Crippen molar-refractivity contribution in [1.82, 2.24) is 10.3 Å². The van der Waals surface area contributed by atoms with Crippen molar-refractivity contribution in [1.29, 1.82) is 0 Å². The molecule has 98 valence electrons. The van der Waals surface area contributed by atoms with Crippen LogP contribution >= 0.6 is 0 Å². The molecule has 18 heavy (non-hydrogen) atoms. The number of nitrogens with two attached hydrogens (primary N) is 1. The topological polar surface area (TPSA) is 78.6 Å². The largest absolute Gasteiger partial charge is 0.393 e. The summed E-state index contributed by atoms with van der Waals surface area (Å²) in [5.74, 6) is 4.92. The van der Waals surface area contributed by atoms with E-state index in [1.807, 2.05) is 18.2 Å². The average molecular weight is 249 g/mol. The Morgan fingerprint density at radius 2 is 2.06 bits per heavy atom. The maximum atomic E-state index is 11.6. The average Bonchev–Trinajstić information content (AvgIpc) is 2.41. The normalized spacial score (nSPS) is 17.7. The maximum Gasteiger partial charge on any atom is 0.265 e. The van der Waals surface area contributed by atoms with Crippen LogP contribution in [0.5, 0.6) is 0 Å². The Bertz CT molecular complexity index is 414. The van der Waals surface area contributed by atoms with E-state index in [4.69, 9.17) is 5.84 Å². The van der Waals surface area contributed by atoms with E-state index >= 15 is 0 Å². The highest BCUT2D eigenvalue weighted by molar-refractivity contribution is 5.95. The number of carbonyl (C=O) groups is 1. The molecule has 1 fully saturated rings. The summed E-state index contributed by atoms with van der Waals surface area (Å²) in [4.78, 5) is 13.9. The van der Waals surface area contributed by atoms with Crippen molar-refractivity contribution in [2.24, 2.45) is 5.84 Å². The van der Waals surface area contributed by atoms with Gasteiger partial charge in [0.25, 0.3) is 5.91 Å². The first-order valence-corrected chi connectivity index (χ1v) is 6.20. The molecule has 1 aromatic rings. The Morgan fingerprint density at radius 1 is 1.39 bits per heavy atom. The monoisotopic (exact) mass is 249 g/mol. The minimum absolute atomic E-state index is 0.177. The number of likely N-dealkylation sites (tertiary alicyclic amines) is 1. The molecule has 5 heteroatoms. The predicted octanol–water partition coefficient (Wildman–Crippen LogP) is 0.247. The fraction of sp³-hybridized carbons (Fsp3) is 0.462. The van der Waals surface area contributed by atoms with Gasteiger partial charge >= 0.3 is 0 Å². The standard InChI is InChI=1S/C13H19N3O2/c14-15-13(18)12-4-2-1-3-10(12)9-16-7-5-11(17)6-8-16/h1-4,11,17H,5-9,14H2,(H,15,18). The second kappa shape index (κ2) is 5.95. The van der Waals surface area contributed by atoms with E-state index in [9.17, 15) is 9.90 Å². The number of hydrazine groups is 1. The number of benzene rings is 1. The number of hydrogen-bond donors (Lipinski definition) is 3. The second-order valence-corrected chi connectivity index (χ2v) is 4.64. The van der Waals surface area contributed by atoms with Crippen molar-refractivity contribution < 1.29 is 9.90 Å². The lowest BCUT2D eigenvalue weighted by Gasteiger charge is -2.29. The smallest absolute Gasteiger partial charge is 0.265 e. The molecule has 1 saturated heterocycles. The van der Waals surface area contributed by atoms with Crippen molar-refractivity contribution in [3.05, 3.63) is 35.4 Å². The first-order chi connectivity index (χ1) is 8.70. The molecule has 1 aromatic carbocycles. The van der Waals surface area contributed by atoms with Gasteiger partial charge < -0.3 is 5.11 Å². The quantitative estimate of drug-likeness (QED) is 0.407. The molecule has 1 aliphatic rings. The molecular formula is C13H19N3O2. The van der Waals surface area contributed by atoms with Gasteiger partial charge in [0, 0.05) is 25.2 Å². The summed E-state index contributed by atoms with van der Waals surface area (Å²) in [5, 5.41) is 9.47. The van der Waals surface area contributed by atoms with Gasteiger partial charge in [-0.25, -0.2) is 5.84 Å². The highest BCUT2D eigenvalue weighted by Crippen LogP contribution is 2.16. The van der Waals surface area contributed by atoms with E-state index in [1.54, 1.807) is 6.07 Å². The maximum absolute atomic E-state index is 11.6. The van der Waals surface area contributed by atoms with Crippen molar-refractivity contribution in [2.45, 2.75) is 25.5 Å². The zero-order valence-electron chi connectivity index (χ0n) is 10.3. The second-order valence-electron chi connectivity index (χ2n) is 4.64. The molecule has 1 heterocycles. The molecule has 0 spiro atoms. The number of aliphatic hydroxyl groups excluding tert-OH is 1. The van der Waals surface area contributed by atoms with Gasteiger partial charge in [0.05, 0.1) is 6.10 Å². The fourth-order valence-corrected chi connectivity index (χ4v) is 2.28. The minimum Gasteiger partial charge on any atom is -0.393 e. The Hall–Kier alpha value is -1.43. The number of amides is 1. The van der Waals surface area contributed by atoms with Crippen LogP contribution in [0.2, 0.25) is 0 Å².